The Hall–Kier alpha value is -2.67. The highest BCUT2D eigenvalue weighted by Crippen LogP contribution is 2.32. The van der Waals surface area contributed by atoms with Crippen LogP contribution in [-0.2, 0) is 0 Å². The van der Waals surface area contributed by atoms with Crippen LogP contribution in [0.4, 0.5) is 5.95 Å². The molecule has 3 rings (SSSR count). The van der Waals surface area contributed by atoms with E-state index in [0.29, 0.717) is 11.6 Å². The van der Waals surface area contributed by atoms with Crippen molar-refractivity contribution in [3.05, 3.63) is 30.5 Å². The van der Waals surface area contributed by atoms with E-state index < -0.39 is 0 Å². The molecule has 0 aliphatic heterocycles. The molecule has 2 aromatic heterocycles. The molecule has 0 aliphatic carbocycles. The molecule has 0 unspecified atom stereocenters. The van der Waals surface area contributed by atoms with Gasteiger partial charge in [-0.1, -0.05) is 12.1 Å². The number of ether oxygens (including phenoxy) is 1. The minimum atomic E-state index is 0.608. The standard InChI is InChI=1S/C17H22N6O/c1-23(2)10-6-9-18-17-19-11-13-15(21-22-16(13)20-17)12-7-4-5-8-14(12)24-3/h4-5,7-8,11H,6,9-10H2,1-3H3,(H2,18,19,20,21,22). The van der Waals surface area contributed by atoms with Crippen molar-refractivity contribution in [3.63, 3.8) is 0 Å². The normalized spacial score (nSPS) is 11.2. The second-order valence-corrected chi connectivity index (χ2v) is 5.81. The van der Waals surface area contributed by atoms with Crippen LogP contribution in [-0.4, -0.2) is 59.4 Å². The largest absolute Gasteiger partial charge is 0.496 e. The predicted molar refractivity (Wildman–Crippen MR) is 95.3 cm³/mol. The lowest BCUT2D eigenvalue weighted by molar-refractivity contribution is 0.405. The van der Waals surface area contributed by atoms with Crippen molar-refractivity contribution >= 4 is 17.0 Å². The van der Waals surface area contributed by atoms with Gasteiger partial charge in [0, 0.05) is 18.3 Å². The van der Waals surface area contributed by atoms with E-state index in [9.17, 15) is 0 Å². The van der Waals surface area contributed by atoms with Crippen LogP contribution in [0.3, 0.4) is 0 Å². The molecular weight excluding hydrogens is 304 g/mol. The maximum Gasteiger partial charge on any atom is 0.224 e. The number of rotatable bonds is 7. The number of para-hydroxylation sites is 1. The predicted octanol–water partition coefficient (Wildman–Crippen LogP) is 2.39. The summed E-state index contributed by atoms with van der Waals surface area (Å²) in [7, 11) is 5.78. The van der Waals surface area contributed by atoms with E-state index in [1.807, 2.05) is 24.3 Å². The van der Waals surface area contributed by atoms with Gasteiger partial charge in [0.15, 0.2) is 5.65 Å². The maximum absolute atomic E-state index is 5.42. The monoisotopic (exact) mass is 326 g/mol. The molecule has 7 heteroatoms. The second kappa shape index (κ2) is 7.27. The maximum atomic E-state index is 5.42. The van der Waals surface area contributed by atoms with Crippen LogP contribution in [0.2, 0.25) is 0 Å². The Kier molecular flexibility index (Phi) is 4.90. The Morgan fingerprint density at radius 3 is 2.88 bits per heavy atom. The number of benzene rings is 1. The van der Waals surface area contributed by atoms with Gasteiger partial charge in [-0.25, -0.2) is 4.98 Å². The van der Waals surface area contributed by atoms with Gasteiger partial charge in [0.25, 0.3) is 0 Å². The van der Waals surface area contributed by atoms with Crippen molar-refractivity contribution in [2.24, 2.45) is 0 Å². The molecule has 24 heavy (non-hydrogen) atoms. The lowest BCUT2D eigenvalue weighted by Gasteiger charge is -2.09. The topological polar surface area (TPSA) is 79.0 Å². The van der Waals surface area contributed by atoms with Crippen LogP contribution in [0.15, 0.2) is 30.5 Å². The highest BCUT2D eigenvalue weighted by Gasteiger charge is 2.14. The molecule has 0 atom stereocenters. The zero-order valence-corrected chi connectivity index (χ0v) is 14.2. The van der Waals surface area contributed by atoms with E-state index >= 15 is 0 Å². The number of hydrogen-bond donors (Lipinski definition) is 2. The van der Waals surface area contributed by atoms with Gasteiger partial charge < -0.3 is 15.0 Å². The Labute approximate surface area is 141 Å². The fraction of sp³-hybridized carbons (Fsp3) is 0.353. The van der Waals surface area contributed by atoms with Crippen LogP contribution in [0.5, 0.6) is 5.75 Å². The highest BCUT2D eigenvalue weighted by molar-refractivity contribution is 5.92. The van der Waals surface area contributed by atoms with E-state index in [2.05, 4.69) is 44.5 Å². The number of aromatic nitrogens is 4. The summed E-state index contributed by atoms with van der Waals surface area (Å²) in [5.41, 5.74) is 2.42. The minimum absolute atomic E-state index is 0.608. The molecule has 0 aliphatic rings. The van der Waals surface area contributed by atoms with E-state index in [4.69, 9.17) is 4.74 Å². The molecule has 0 amide bonds. The van der Waals surface area contributed by atoms with Crippen molar-refractivity contribution < 1.29 is 4.74 Å². The number of nitrogens with one attached hydrogen (secondary N) is 2. The zero-order valence-electron chi connectivity index (χ0n) is 14.2. The van der Waals surface area contributed by atoms with Crippen molar-refractivity contribution in [3.8, 4) is 17.0 Å². The summed E-state index contributed by atoms with van der Waals surface area (Å²) in [5, 5.41) is 11.5. The van der Waals surface area contributed by atoms with E-state index in [1.165, 1.54) is 0 Å². The highest BCUT2D eigenvalue weighted by atomic mass is 16.5. The summed E-state index contributed by atoms with van der Waals surface area (Å²) in [6.07, 6.45) is 2.83. The molecule has 7 nitrogen and oxygen atoms in total. The Morgan fingerprint density at radius 2 is 2.08 bits per heavy atom. The van der Waals surface area contributed by atoms with Crippen molar-refractivity contribution in [1.29, 1.82) is 0 Å². The fourth-order valence-corrected chi connectivity index (χ4v) is 2.54. The Morgan fingerprint density at radius 1 is 1.25 bits per heavy atom. The molecule has 2 heterocycles. The van der Waals surface area contributed by atoms with Gasteiger partial charge in [-0.3, -0.25) is 5.10 Å². The fourth-order valence-electron chi connectivity index (χ4n) is 2.54. The third-order valence-corrected chi connectivity index (χ3v) is 3.74. The van der Waals surface area contributed by atoms with Crippen molar-refractivity contribution in [2.45, 2.75) is 6.42 Å². The summed E-state index contributed by atoms with van der Waals surface area (Å²) in [5.74, 6) is 1.38. The second-order valence-electron chi connectivity index (χ2n) is 5.81. The summed E-state index contributed by atoms with van der Waals surface area (Å²) >= 11 is 0. The molecule has 0 bridgehead atoms. The van der Waals surface area contributed by atoms with Gasteiger partial charge in [-0.2, -0.15) is 10.1 Å². The molecule has 0 radical (unpaired) electrons. The Balaban J connectivity index is 1.81. The first-order valence-electron chi connectivity index (χ1n) is 7.92. The smallest absolute Gasteiger partial charge is 0.224 e. The molecule has 126 valence electrons. The zero-order chi connectivity index (χ0) is 16.9. The number of methoxy groups -OCH3 is 1. The molecule has 0 saturated heterocycles. The third-order valence-electron chi connectivity index (χ3n) is 3.74. The van der Waals surface area contributed by atoms with Crippen molar-refractivity contribution in [1.82, 2.24) is 25.1 Å². The van der Waals surface area contributed by atoms with Gasteiger partial charge in [0.05, 0.1) is 12.5 Å². The number of hydrogen-bond acceptors (Lipinski definition) is 6. The lowest BCUT2D eigenvalue weighted by Crippen LogP contribution is -2.17. The van der Waals surface area contributed by atoms with E-state index in [-0.39, 0.29) is 0 Å². The third kappa shape index (κ3) is 3.46. The number of nitrogens with zero attached hydrogens (tertiary/aromatic N) is 4. The summed E-state index contributed by atoms with van der Waals surface area (Å²) < 4.78 is 5.42. The number of H-pyrrole nitrogens is 1. The first-order chi connectivity index (χ1) is 11.7. The molecule has 1 aromatic carbocycles. The number of anilines is 1. The van der Waals surface area contributed by atoms with E-state index in [0.717, 1.165) is 41.9 Å². The summed E-state index contributed by atoms with van der Waals surface area (Å²) in [6.45, 7) is 1.86. The molecule has 0 fully saturated rings. The summed E-state index contributed by atoms with van der Waals surface area (Å²) in [4.78, 5) is 11.1. The molecule has 0 saturated carbocycles. The quantitative estimate of drug-likeness (QED) is 0.649. The number of fused-ring (bicyclic) bond motifs is 1. The first-order valence-corrected chi connectivity index (χ1v) is 7.92. The van der Waals surface area contributed by atoms with Gasteiger partial charge >= 0.3 is 0 Å². The van der Waals surface area contributed by atoms with Crippen molar-refractivity contribution in [2.75, 3.05) is 39.6 Å². The van der Waals surface area contributed by atoms with Gasteiger partial charge in [0.1, 0.15) is 11.4 Å². The van der Waals surface area contributed by atoms with Crippen LogP contribution < -0.4 is 10.1 Å². The Bertz CT molecular complexity index is 814. The lowest BCUT2D eigenvalue weighted by atomic mass is 10.1. The first kappa shape index (κ1) is 16.2. The molecule has 2 N–H and O–H groups in total. The molecule has 0 spiro atoms. The molecule has 3 aromatic rings. The van der Waals surface area contributed by atoms with Crippen LogP contribution >= 0.6 is 0 Å². The number of aromatic amines is 1. The average Bonchev–Trinajstić information content (AvgIpc) is 3.01. The van der Waals surface area contributed by atoms with E-state index in [1.54, 1.807) is 13.3 Å². The average molecular weight is 326 g/mol. The molecular formula is C17H22N6O. The summed E-state index contributed by atoms with van der Waals surface area (Å²) in [6, 6.07) is 7.78. The van der Waals surface area contributed by atoms with Crippen LogP contribution in [0, 0.1) is 0 Å². The van der Waals surface area contributed by atoms with Gasteiger partial charge in [-0.05, 0) is 39.2 Å². The van der Waals surface area contributed by atoms with Crippen LogP contribution in [0.25, 0.3) is 22.3 Å². The van der Waals surface area contributed by atoms with Gasteiger partial charge in [0.2, 0.25) is 5.95 Å². The van der Waals surface area contributed by atoms with Crippen LogP contribution in [0.1, 0.15) is 6.42 Å². The van der Waals surface area contributed by atoms with Gasteiger partial charge in [-0.15, -0.1) is 0 Å². The minimum Gasteiger partial charge on any atom is -0.496 e. The SMILES string of the molecule is COc1ccccc1-c1n[nH]c2nc(NCCCN(C)C)ncc12.